The van der Waals surface area contributed by atoms with Crippen molar-refractivity contribution in [3.63, 3.8) is 0 Å². The van der Waals surface area contributed by atoms with Gasteiger partial charge in [0.15, 0.2) is 15.5 Å². The molecule has 1 heterocycles. The molecule has 0 radical (unpaired) electrons. The summed E-state index contributed by atoms with van der Waals surface area (Å²) in [7, 11) is 1.58. The van der Waals surface area contributed by atoms with Crippen molar-refractivity contribution in [3.8, 4) is 0 Å². The number of methoxy groups -OCH3 is 1. The number of hydrogen-bond acceptors (Lipinski definition) is 5. The smallest absolute Gasteiger partial charge is 0.287 e. The van der Waals surface area contributed by atoms with Crippen molar-refractivity contribution in [2.24, 2.45) is 0 Å². The maximum atomic E-state index is 11.6. The molecule has 4 N–H and O–H groups in total. The van der Waals surface area contributed by atoms with Gasteiger partial charge in [-0.1, -0.05) is 0 Å². The van der Waals surface area contributed by atoms with Crippen LogP contribution in [0.2, 0.25) is 0 Å². The molecule has 122 valence electrons. The van der Waals surface area contributed by atoms with Crippen molar-refractivity contribution >= 4 is 45.1 Å². The number of amides is 2. The predicted octanol–water partition coefficient (Wildman–Crippen LogP) is 0.302. The SMILES string of the molecule is COC[C@H](C)NC(=S)NNC(=O)CNC(=O)c1ccc(Br)o1. The highest BCUT2D eigenvalue weighted by Gasteiger charge is 2.12. The highest BCUT2D eigenvalue weighted by Crippen LogP contribution is 2.13. The fraction of sp³-hybridized carbons (Fsp3) is 0.417. The maximum absolute atomic E-state index is 11.6. The number of ether oxygens (including phenoxy) is 1. The summed E-state index contributed by atoms with van der Waals surface area (Å²) < 4.78 is 10.4. The number of hydrazine groups is 1. The maximum Gasteiger partial charge on any atom is 0.287 e. The van der Waals surface area contributed by atoms with E-state index < -0.39 is 11.8 Å². The van der Waals surface area contributed by atoms with E-state index in [4.69, 9.17) is 21.4 Å². The first kappa shape index (κ1) is 18.4. The van der Waals surface area contributed by atoms with Crippen LogP contribution in [-0.4, -0.2) is 43.2 Å². The standard InChI is InChI=1S/C12H17BrN4O4S/c1-7(6-20-2)15-12(22)17-16-10(18)5-14-11(19)8-3-4-9(13)21-8/h3-4,7H,5-6H2,1-2H3,(H,14,19)(H,16,18)(H2,15,17,22)/t7-/m0/s1. The summed E-state index contributed by atoms with van der Waals surface area (Å²) >= 11 is 8.06. The van der Waals surface area contributed by atoms with Gasteiger partial charge in [0.2, 0.25) is 0 Å². The van der Waals surface area contributed by atoms with Gasteiger partial charge in [-0.2, -0.15) is 0 Å². The average molecular weight is 393 g/mol. The van der Waals surface area contributed by atoms with Crippen LogP contribution in [0.5, 0.6) is 0 Å². The first-order valence-corrected chi connectivity index (χ1v) is 7.50. The number of halogens is 1. The van der Waals surface area contributed by atoms with Crippen LogP contribution < -0.4 is 21.5 Å². The molecular weight excluding hydrogens is 376 g/mol. The Kier molecular flexibility index (Phi) is 7.85. The van der Waals surface area contributed by atoms with Gasteiger partial charge in [0, 0.05) is 13.2 Å². The van der Waals surface area contributed by atoms with Crippen LogP contribution >= 0.6 is 28.1 Å². The molecule has 10 heteroatoms. The van der Waals surface area contributed by atoms with Gasteiger partial charge in [0.1, 0.15) is 0 Å². The molecular formula is C12H17BrN4O4S. The minimum absolute atomic E-state index is 0.000922. The minimum Gasteiger partial charge on any atom is -0.444 e. The summed E-state index contributed by atoms with van der Waals surface area (Å²) in [5.74, 6) is -0.837. The molecule has 0 fully saturated rings. The zero-order valence-electron chi connectivity index (χ0n) is 12.1. The Morgan fingerprint density at radius 2 is 2.14 bits per heavy atom. The van der Waals surface area contributed by atoms with E-state index in [1.165, 1.54) is 6.07 Å². The Hall–Kier alpha value is -1.65. The van der Waals surface area contributed by atoms with E-state index in [0.717, 1.165) is 0 Å². The van der Waals surface area contributed by atoms with Crippen LogP contribution in [-0.2, 0) is 9.53 Å². The van der Waals surface area contributed by atoms with Gasteiger partial charge in [-0.05, 0) is 47.2 Å². The Bertz CT molecular complexity index is 537. The molecule has 0 spiro atoms. The molecule has 1 rings (SSSR count). The van der Waals surface area contributed by atoms with Crippen molar-refractivity contribution in [1.82, 2.24) is 21.5 Å². The van der Waals surface area contributed by atoms with Crippen LogP contribution in [0.3, 0.4) is 0 Å². The van der Waals surface area contributed by atoms with Crippen molar-refractivity contribution < 1.29 is 18.7 Å². The van der Waals surface area contributed by atoms with Gasteiger partial charge >= 0.3 is 0 Å². The number of hydrogen-bond donors (Lipinski definition) is 4. The molecule has 8 nitrogen and oxygen atoms in total. The van der Waals surface area contributed by atoms with E-state index in [0.29, 0.717) is 11.3 Å². The summed E-state index contributed by atoms with van der Waals surface area (Å²) in [4.78, 5) is 23.2. The molecule has 0 aromatic carbocycles. The summed E-state index contributed by atoms with van der Waals surface area (Å²) in [6, 6.07) is 3.08. The molecule has 0 saturated carbocycles. The lowest BCUT2D eigenvalue weighted by Crippen LogP contribution is -2.52. The summed E-state index contributed by atoms with van der Waals surface area (Å²) in [6.45, 7) is 2.13. The first-order valence-electron chi connectivity index (χ1n) is 6.30. The highest BCUT2D eigenvalue weighted by molar-refractivity contribution is 9.10. The largest absolute Gasteiger partial charge is 0.444 e. The van der Waals surface area contributed by atoms with E-state index >= 15 is 0 Å². The van der Waals surface area contributed by atoms with Crippen LogP contribution in [0.25, 0.3) is 0 Å². The van der Waals surface area contributed by atoms with E-state index in [1.54, 1.807) is 13.2 Å². The third-order valence-electron chi connectivity index (χ3n) is 2.32. The second kappa shape index (κ2) is 9.38. The highest BCUT2D eigenvalue weighted by atomic mass is 79.9. The Labute approximate surface area is 141 Å². The van der Waals surface area contributed by atoms with Gasteiger partial charge < -0.3 is 19.8 Å². The van der Waals surface area contributed by atoms with Gasteiger partial charge in [-0.25, -0.2) is 0 Å². The quantitative estimate of drug-likeness (QED) is 0.407. The summed E-state index contributed by atoms with van der Waals surface area (Å²) in [5, 5.41) is 5.56. The Morgan fingerprint density at radius 1 is 1.41 bits per heavy atom. The van der Waals surface area contributed by atoms with Gasteiger partial charge in [-0.3, -0.25) is 20.4 Å². The molecule has 0 aliphatic rings. The van der Waals surface area contributed by atoms with Gasteiger partial charge in [0.25, 0.3) is 11.8 Å². The van der Waals surface area contributed by atoms with Crippen LogP contribution in [0, 0.1) is 0 Å². The van der Waals surface area contributed by atoms with Crippen molar-refractivity contribution in [1.29, 1.82) is 0 Å². The van der Waals surface area contributed by atoms with Gasteiger partial charge in [0.05, 0.1) is 13.2 Å². The fourth-order valence-corrected chi connectivity index (χ4v) is 1.96. The van der Waals surface area contributed by atoms with E-state index in [9.17, 15) is 9.59 Å². The zero-order chi connectivity index (χ0) is 16.5. The minimum atomic E-state index is -0.490. The fourth-order valence-electron chi connectivity index (χ4n) is 1.41. The summed E-state index contributed by atoms with van der Waals surface area (Å²) in [6.07, 6.45) is 0. The number of carbonyl (C=O) groups excluding carboxylic acids is 2. The van der Waals surface area contributed by atoms with Crippen LogP contribution in [0.4, 0.5) is 0 Å². The third kappa shape index (κ3) is 6.87. The molecule has 1 aromatic rings. The van der Waals surface area contributed by atoms with Crippen molar-refractivity contribution in [3.05, 3.63) is 22.6 Å². The second-order valence-corrected chi connectivity index (χ2v) is 5.48. The third-order valence-corrected chi connectivity index (χ3v) is 2.96. The summed E-state index contributed by atoms with van der Waals surface area (Å²) in [5.41, 5.74) is 4.88. The number of thiocarbonyl (C=S) groups is 1. The second-order valence-electron chi connectivity index (χ2n) is 4.29. The number of nitrogens with one attached hydrogen (secondary N) is 4. The molecule has 2 amide bonds. The van der Waals surface area contributed by atoms with Crippen molar-refractivity contribution in [2.75, 3.05) is 20.3 Å². The van der Waals surface area contributed by atoms with E-state index in [2.05, 4.69) is 37.4 Å². The predicted molar refractivity (Wildman–Crippen MR) is 87.1 cm³/mol. The topological polar surface area (TPSA) is 105 Å². The van der Waals surface area contributed by atoms with Crippen molar-refractivity contribution in [2.45, 2.75) is 13.0 Å². The molecule has 0 bridgehead atoms. The van der Waals surface area contributed by atoms with Gasteiger partial charge in [-0.15, -0.1) is 0 Å². The molecule has 22 heavy (non-hydrogen) atoms. The number of carbonyl (C=O) groups is 2. The lowest BCUT2D eigenvalue weighted by molar-refractivity contribution is -0.120. The van der Waals surface area contributed by atoms with Crippen LogP contribution in [0.15, 0.2) is 21.2 Å². The Balaban J connectivity index is 2.23. The average Bonchev–Trinajstić information content (AvgIpc) is 2.89. The normalized spacial score (nSPS) is 11.4. The van der Waals surface area contributed by atoms with E-state index in [-0.39, 0.29) is 23.5 Å². The molecule has 0 saturated heterocycles. The van der Waals surface area contributed by atoms with E-state index in [1.807, 2.05) is 6.92 Å². The monoisotopic (exact) mass is 392 g/mol. The molecule has 0 unspecified atom stereocenters. The lowest BCUT2D eigenvalue weighted by Gasteiger charge is -2.16. The van der Waals surface area contributed by atoms with Crippen LogP contribution in [0.1, 0.15) is 17.5 Å². The lowest BCUT2D eigenvalue weighted by atomic mass is 10.4. The molecule has 0 aliphatic heterocycles. The first-order chi connectivity index (χ1) is 10.4. The molecule has 1 atom stereocenters. The zero-order valence-corrected chi connectivity index (χ0v) is 14.5. The molecule has 0 aliphatic carbocycles. The Morgan fingerprint density at radius 3 is 2.73 bits per heavy atom. The number of furan rings is 1. The number of rotatable bonds is 6. The molecule has 1 aromatic heterocycles.